The number of hydrogen-bond donors (Lipinski definition) is 1. The molecule has 1 N–H and O–H groups in total. The molecule has 1 fully saturated rings. The minimum atomic E-state index is -1.04. The predicted octanol–water partition coefficient (Wildman–Crippen LogP) is 0.475. The number of rotatable bonds is 2. The Hall–Kier alpha value is -2.08. The van der Waals surface area contributed by atoms with Crippen LogP contribution in [0, 0.1) is 0 Å². The van der Waals surface area contributed by atoms with E-state index in [0.717, 1.165) is 5.56 Å². The van der Waals surface area contributed by atoms with Crippen molar-refractivity contribution in [2.24, 2.45) is 0 Å². The molecule has 0 bridgehead atoms. The minimum Gasteiger partial charge on any atom is -0.492 e. The predicted molar refractivity (Wildman–Crippen MR) is 68.6 cm³/mol. The lowest BCUT2D eigenvalue weighted by atomic mass is 9.99. The van der Waals surface area contributed by atoms with Gasteiger partial charge in [0.25, 0.3) is 0 Å². The van der Waals surface area contributed by atoms with Crippen molar-refractivity contribution in [1.29, 1.82) is 0 Å². The van der Waals surface area contributed by atoms with Crippen molar-refractivity contribution < 1.29 is 24.2 Å². The molecule has 6 heteroatoms. The number of benzene rings is 1. The summed E-state index contributed by atoms with van der Waals surface area (Å²) in [6, 6.07) is 6.45. The van der Waals surface area contributed by atoms with Crippen molar-refractivity contribution in [2.45, 2.75) is 12.0 Å². The van der Waals surface area contributed by atoms with E-state index < -0.39 is 17.9 Å². The number of carboxylic acids is 1. The Kier molecular flexibility index (Phi) is 3.31. The summed E-state index contributed by atoms with van der Waals surface area (Å²) in [7, 11) is 0. The van der Waals surface area contributed by atoms with Gasteiger partial charge in [0.1, 0.15) is 18.3 Å². The summed E-state index contributed by atoms with van der Waals surface area (Å²) < 4.78 is 10.6. The summed E-state index contributed by atoms with van der Waals surface area (Å²) in [4.78, 5) is 25.2. The van der Waals surface area contributed by atoms with Gasteiger partial charge in [-0.1, -0.05) is 18.2 Å². The molecule has 0 spiro atoms. The topological polar surface area (TPSA) is 76.1 Å². The second kappa shape index (κ2) is 5.13. The fraction of sp³-hybridized carbons (Fsp3) is 0.429. The van der Waals surface area contributed by atoms with Crippen molar-refractivity contribution in [3.8, 4) is 5.75 Å². The Morgan fingerprint density at radius 1 is 1.25 bits per heavy atom. The van der Waals surface area contributed by atoms with Gasteiger partial charge in [-0.25, -0.2) is 4.79 Å². The number of ether oxygens (including phenoxy) is 2. The summed E-state index contributed by atoms with van der Waals surface area (Å²) in [5.74, 6) is -0.965. The number of carboxylic acid groups (broad SMARTS) is 1. The second-order valence-electron chi connectivity index (χ2n) is 4.86. The Bertz CT molecular complexity index is 544. The van der Waals surface area contributed by atoms with Gasteiger partial charge in [0, 0.05) is 12.1 Å². The number of fused-ring (bicyclic) bond motifs is 1. The number of para-hydroxylation sites is 1. The number of nitrogens with zero attached hydrogens (tertiary/aromatic N) is 1. The van der Waals surface area contributed by atoms with E-state index in [9.17, 15) is 14.7 Å². The zero-order chi connectivity index (χ0) is 14.1. The van der Waals surface area contributed by atoms with E-state index in [0.29, 0.717) is 18.9 Å². The summed E-state index contributed by atoms with van der Waals surface area (Å²) in [5, 5.41) is 9.19. The summed E-state index contributed by atoms with van der Waals surface area (Å²) in [5.41, 5.74) is 0.827. The molecule has 0 saturated carbocycles. The second-order valence-corrected chi connectivity index (χ2v) is 4.86. The number of carbonyl (C=O) groups is 2. The molecule has 6 nitrogen and oxygen atoms in total. The van der Waals surface area contributed by atoms with Crippen LogP contribution in [-0.4, -0.2) is 54.3 Å². The first-order valence-electron chi connectivity index (χ1n) is 6.51. The molecule has 2 atom stereocenters. The molecule has 2 aliphatic rings. The molecule has 2 aliphatic heterocycles. The summed E-state index contributed by atoms with van der Waals surface area (Å²) >= 11 is 0. The maximum atomic E-state index is 12.6. The first kappa shape index (κ1) is 12.9. The van der Waals surface area contributed by atoms with Crippen molar-refractivity contribution in [3.63, 3.8) is 0 Å². The van der Waals surface area contributed by atoms with Gasteiger partial charge in [-0.2, -0.15) is 0 Å². The molecular weight excluding hydrogens is 262 g/mol. The maximum absolute atomic E-state index is 12.6. The molecule has 106 valence electrons. The lowest BCUT2D eigenvalue weighted by molar-refractivity contribution is -0.159. The first-order valence-corrected chi connectivity index (χ1v) is 6.51. The molecule has 0 aliphatic carbocycles. The molecule has 0 radical (unpaired) electrons. The van der Waals surface area contributed by atoms with Crippen LogP contribution in [0.4, 0.5) is 0 Å². The molecule has 20 heavy (non-hydrogen) atoms. The monoisotopic (exact) mass is 277 g/mol. The molecule has 3 rings (SSSR count). The van der Waals surface area contributed by atoms with E-state index in [2.05, 4.69) is 0 Å². The van der Waals surface area contributed by atoms with Crippen LogP contribution in [0.5, 0.6) is 5.75 Å². The first-order chi connectivity index (χ1) is 9.68. The Morgan fingerprint density at radius 2 is 2.05 bits per heavy atom. The van der Waals surface area contributed by atoms with Gasteiger partial charge in [0.2, 0.25) is 5.91 Å². The molecule has 2 heterocycles. The van der Waals surface area contributed by atoms with E-state index in [-0.39, 0.29) is 19.1 Å². The summed E-state index contributed by atoms with van der Waals surface area (Å²) in [6.07, 6.45) is 0. The van der Waals surface area contributed by atoms with Crippen molar-refractivity contribution >= 4 is 11.9 Å². The number of aliphatic carboxylic acids is 1. The van der Waals surface area contributed by atoms with Crippen LogP contribution in [0.3, 0.4) is 0 Å². The quantitative estimate of drug-likeness (QED) is 0.850. The maximum Gasteiger partial charge on any atom is 0.328 e. The van der Waals surface area contributed by atoms with Crippen LogP contribution in [0.15, 0.2) is 24.3 Å². The smallest absolute Gasteiger partial charge is 0.328 e. The van der Waals surface area contributed by atoms with Crippen LogP contribution in [0.2, 0.25) is 0 Å². The number of hydrogen-bond acceptors (Lipinski definition) is 4. The van der Waals surface area contributed by atoms with E-state index in [1.165, 1.54) is 4.90 Å². The lowest BCUT2D eigenvalue weighted by Crippen LogP contribution is -2.54. The standard InChI is InChI=1S/C14H15NO5/c16-13(15-5-6-19-8-11(15)14(17)18)10-7-20-12-4-2-1-3-9(10)12/h1-4,10-11H,5-8H2,(H,17,18). The normalized spacial score (nSPS) is 24.9. The van der Waals surface area contributed by atoms with E-state index in [1.807, 2.05) is 24.3 Å². The molecule has 1 amide bonds. The number of carbonyl (C=O) groups excluding carboxylic acids is 1. The SMILES string of the molecule is O=C(O)C1COCCN1C(=O)C1COc2ccccc21. The van der Waals surface area contributed by atoms with Gasteiger partial charge in [0.05, 0.1) is 13.2 Å². The zero-order valence-electron chi connectivity index (χ0n) is 10.8. The van der Waals surface area contributed by atoms with Gasteiger partial charge in [-0.3, -0.25) is 4.79 Å². The van der Waals surface area contributed by atoms with Gasteiger partial charge >= 0.3 is 5.97 Å². The van der Waals surface area contributed by atoms with Crippen molar-refractivity contribution in [2.75, 3.05) is 26.4 Å². The Labute approximate surface area is 115 Å². The third-order valence-corrected chi connectivity index (χ3v) is 3.69. The van der Waals surface area contributed by atoms with Gasteiger partial charge in [-0.05, 0) is 6.07 Å². The number of morpholine rings is 1. The van der Waals surface area contributed by atoms with E-state index >= 15 is 0 Å². The molecular formula is C14H15NO5. The highest BCUT2D eigenvalue weighted by Gasteiger charge is 2.39. The van der Waals surface area contributed by atoms with Gasteiger partial charge in [-0.15, -0.1) is 0 Å². The molecule has 1 saturated heterocycles. The fourth-order valence-electron chi connectivity index (χ4n) is 2.64. The minimum absolute atomic E-state index is 0.0380. The van der Waals surface area contributed by atoms with Crippen LogP contribution in [-0.2, 0) is 14.3 Å². The highest BCUT2D eigenvalue weighted by molar-refractivity contribution is 5.89. The fourth-order valence-corrected chi connectivity index (χ4v) is 2.64. The average Bonchev–Trinajstić information content (AvgIpc) is 2.90. The largest absolute Gasteiger partial charge is 0.492 e. The number of amides is 1. The van der Waals surface area contributed by atoms with Crippen LogP contribution in [0.25, 0.3) is 0 Å². The average molecular weight is 277 g/mol. The molecule has 1 aromatic rings. The van der Waals surface area contributed by atoms with Gasteiger partial charge in [0.15, 0.2) is 6.04 Å². The van der Waals surface area contributed by atoms with E-state index in [4.69, 9.17) is 9.47 Å². The van der Waals surface area contributed by atoms with Crippen LogP contribution >= 0.6 is 0 Å². The lowest BCUT2D eigenvalue weighted by Gasteiger charge is -2.34. The highest BCUT2D eigenvalue weighted by Crippen LogP contribution is 2.35. The van der Waals surface area contributed by atoms with Gasteiger partial charge < -0.3 is 19.5 Å². The van der Waals surface area contributed by atoms with Crippen molar-refractivity contribution in [1.82, 2.24) is 4.90 Å². The van der Waals surface area contributed by atoms with Crippen LogP contribution < -0.4 is 4.74 Å². The highest BCUT2D eigenvalue weighted by atomic mass is 16.5. The summed E-state index contributed by atoms with van der Waals surface area (Å²) in [6.45, 7) is 0.970. The Morgan fingerprint density at radius 3 is 2.85 bits per heavy atom. The molecule has 0 aromatic heterocycles. The third-order valence-electron chi connectivity index (χ3n) is 3.69. The molecule has 1 aromatic carbocycles. The zero-order valence-corrected chi connectivity index (χ0v) is 10.8. The van der Waals surface area contributed by atoms with Crippen molar-refractivity contribution in [3.05, 3.63) is 29.8 Å². The Balaban J connectivity index is 1.84. The van der Waals surface area contributed by atoms with Crippen LogP contribution in [0.1, 0.15) is 11.5 Å². The van der Waals surface area contributed by atoms with E-state index in [1.54, 1.807) is 0 Å². The third kappa shape index (κ3) is 2.12. The molecule has 2 unspecified atom stereocenters.